The van der Waals surface area contributed by atoms with Crippen molar-refractivity contribution in [2.45, 2.75) is 19.3 Å². The molecule has 0 spiro atoms. The summed E-state index contributed by atoms with van der Waals surface area (Å²) in [6.07, 6.45) is 3.22. The summed E-state index contributed by atoms with van der Waals surface area (Å²) in [5.74, 6) is -0.196. The van der Waals surface area contributed by atoms with Crippen LogP contribution >= 0.6 is 0 Å². The van der Waals surface area contributed by atoms with Crippen molar-refractivity contribution in [3.63, 3.8) is 0 Å². The van der Waals surface area contributed by atoms with Crippen LogP contribution in [0.25, 0.3) is 22.3 Å². The molecule has 1 aliphatic rings. The fourth-order valence-electron chi connectivity index (χ4n) is 4.07. The summed E-state index contributed by atoms with van der Waals surface area (Å²) in [6.45, 7) is 0.843. The van der Waals surface area contributed by atoms with E-state index >= 15 is 0 Å². The summed E-state index contributed by atoms with van der Waals surface area (Å²) in [7, 11) is 0. The van der Waals surface area contributed by atoms with Gasteiger partial charge in [0.05, 0.1) is 16.6 Å². The minimum atomic E-state index is -0.965. The summed E-state index contributed by atoms with van der Waals surface area (Å²) < 4.78 is 0. The second-order valence-corrected chi connectivity index (χ2v) is 7.51. The summed E-state index contributed by atoms with van der Waals surface area (Å²) in [5.41, 5.74) is 5.74. The molecule has 0 unspecified atom stereocenters. The molecule has 4 aromatic rings. The number of carbonyl (C=O) groups is 1. The molecule has 0 atom stereocenters. The van der Waals surface area contributed by atoms with Crippen LogP contribution in [0.4, 0.5) is 11.5 Å². The molecule has 0 fully saturated rings. The van der Waals surface area contributed by atoms with Crippen LogP contribution in [0.15, 0.2) is 72.8 Å². The lowest BCUT2D eigenvalue weighted by atomic mass is 10.1. The number of hydrogen-bond acceptors (Lipinski definition) is 4. The quantitative estimate of drug-likeness (QED) is 0.498. The molecule has 0 saturated carbocycles. The summed E-state index contributed by atoms with van der Waals surface area (Å²) in [4.78, 5) is 23.6. The Morgan fingerprint density at radius 2 is 1.67 bits per heavy atom. The zero-order valence-electron chi connectivity index (χ0n) is 16.5. The van der Waals surface area contributed by atoms with Gasteiger partial charge in [-0.3, -0.25) is 0 Å². The number of benzene rings is 3. The Morgan fingerprint density at radius 1 is 0.867 bits per heavy atom. The molecule has 3 aromatic carbocycles. The van der Waals surface area contributed by atoms with E-state index in [0.29, 0.717) is 11.0 Å². The Hall–Kier alpha value is -3.73. The third kappa shape index (κ3) is 3.28. The van der Waals surface area contributed by atoms with Gasteiger partial charge < -0.3 is 10.0 Å². The monoisotopic (exact) mass is 395 g/mol. The lowest BCUT2D eigenvalue weighted by molar-refractivity contribution is 0.0697. The first-order valence-electron chi connectivity index (χ1n) is 10.2. The maximum absolute atomic E-state index is 11.5. The molecule has 30 heavy (non-hydrogen) atoms. The molecule has 0 radical (unpaired) electrons. The SMILES string of the molecule is O=C(O)c1ccc2nc(-c3ccccc3)c(N3CCCCc4ccccc43)nc2c1. The van der Waals surface area contributed by atoms with E-state index in [2.05, 4.69) is 29.2 Å². The van der Waals surface area contributed by atoms with E-state index in [9.17, 15) is 9.90 Å². The van der Waals surface area contributed by atoms with Crippen molar-refractivity contribution in [2.24, 2.45) is 0 Å². The van der Waals surface area contributed by atoms with Crippen molar-refractivity contribution < 1.29 is 9.90 Å². The van der Waals surface area contributed by atoms with Crippen molar-refractivity contribution in [2.75, 3.05) is 11.4 Å². The van der Waals surface area contributed by atoms with Crippen LogP contribution < -0.4 is 4.90 Å². The van der Waals surface area contributed by atoms with Crippen molar-refractivity contribution in [3.05, 3.63) is 83.9 Å². The standard InChI is InChI=1S/C25H21N3O2/c29-25(30)19-13-14-20-21(16-19)27-24(23(26-20)18-10-2-1-3-11-18)28-15-7-6-9-17-8-4-5-12-22(17)28/h1-5,8,10-14,16H,6-7,9,15H2,(H,29,30). The van der Waals surface area contributed by atoms with E-state index in [4.69, 9.17) is 9.97 Å². The average Bonchev–Trinajstić information content (AvgIpc) is 3.01. The number of aromatic carboxylic acids is 1. The molecule has 5 nitrogen and oxygen atoms in total. The molecule has 148 valence electrons. The molecule has 2 heterocycles. The highest BCUT2D eigenvalue weighted by molar-refractivity contribution is 5.94. The minimum absolute atomic E-state index is 0.214. The number of para-hydroxylation sites is 1. The zero-order valence-corrected chi connectivity index (χ0v) is 16.5. The van der Waals surface area contributed by atoms with Gasteiger partial charge in [-0.1, -0.05) is 48.5 Å². The van der Waals surface area contributed by atoms with E-state index in [1.807, 2.05) is 30.3 Å². The Bertz CT molecular complexity index is 1240. The Labute approximate surface area is 174 Å². The maximum Gasteiger partial charge on any atom is 0.335 e. The second-order valence-electron chi connectivity index (χ2n) is 7.51. The number of rotatable bonds is 3. The van der Waals surface area contributed by atoms with E-state index in [-0.39, 0.29) is 5.56 Å². The van der Waals surface area contributed by atoms with E-state index < -0.39 is 5.97 Å². The normalized spacial score (nSPS) is 13.7. The van der Waals surface area contributed by atoms with Gasteiger partial charge in [0.15, 0.2) is 5.82 Å². The van der Waals surface area contributed by atoms with Crippen LogP contribution in [0.3, 0.4) is 0 Å². The molecular formula is C25H21N3O2. The molecule has 0 bridgehead atoms. The predicted octanol–water partition coefficient (Wildman–Crippen LogP) is 5.47. The van der Waals surface area contributed by atoms with Gasteiger partial charge in [0.25, 0.3) is 0 Å². The molecule has 0 amide bonds. The molecule has 5 rings (SSSR count). The average molecular weight is 395 g/mol. The van der Waals surface area contributed by atoms with Gasteiger partial charge >= 0.3 is 5.97 Å². The number of nitrogens with zero attached hydrogens (tertiary/aromatic N) is 3. The number of carboxylic acid groups (broad SMARTS) is 1. The predicted molar refractivity (Wildman–Crippen MR) is 118 cm³/mol. The van der Waals surface area contributed by atoms with E-state index in [1.165, 1.54) is 5.56 Å². The van der Waals surface area contributed by atoms with E-state index in [0.717, 1.165) is 48.6 Å². The van der Waals surface area contributed by atoms with Gasteiger partial charge in [-0.2, -0.15) is 0 Å². The lowest BCUT2D eigenvalue weighted by Gasteiger charge is -2.26. The highest BCUT2D eigenvalue weighted by atomic mass is 16.4. The molecule has 1 aromatic heterocycles. The number of fused-ring (bicyclic) bond motifs is 2. The van der Waals surface area contributed by atoms with Crippen molar-refractivity contribution in [3.8, 4) is 11.3 Å². The molecule has 1 N–H and O–H groups in total. The molecular weight excluding hydrogens is 374 g/mol. The largest absolute Gasteiger partial charge is 0.478 e. The summed E-state index contributed by atoms with van der Waals surface area (Å²) in [5, 5.41) is 9.40. The Kier molecular flexibility index (Phi) is 4.64. The van der Waals surface area contributed by atoms with E-state index in [1.54, 1.807) is 18.2 Å². The van der Waals surface area contributed by atoms with Gasteiger partial charge in [0.2, 0.25) is 0 Å². The fraction of sp³-hybridized carbons (Fsp3) is 0.160. The van der Waals surface area contributed by atoms with Gasteiger partial charge in [0.1, 0.15) is 5.69 Å². The summed E-state index contributed by atoms with van der Waals surface area (Å²) >= 11 is 0. The first kappa shape index (κ1) is 18.3. The van der Waals surface area contributed by atoms with Crippen LogP contribution in [-0.4, -0.2) is 27.6 Å². The van der Waals surface area contributed by atoms with Gasteiger partial charge in [-0.25, -0.2) is 14.8 Å². The lowest BCUT2D eigenvalue weighted by Crippen LogP contribution is -2.20. The van der Waals surface area contributed by atoms with Crippen LogP contribution in [0.2, 0.25) is 0 Å². The van der Waals surface area contributed by atoms with Gasteiger partial charge in [-0.05, 0) is 49.1 Å². The Balaban J connectivity index is 1.77. The molecule has 5 heteroatoms. The number of carboxylic acids is 1. The van der Waals surface area contributed by atoms with Crippen molar-refractivity contribution in [1.82, 2.24) is 9.97 Å². The smallest absolute Gasteiger partial charge is 0.335 e. The topological polar surface area (TPSA) is 66.3 Å². The zero-order chi connectivity index (χ0) is 20.5. The third-order valence-electron chi connectivity index (χ3n) is 5.56. The first-order valence-corrected chi connectivity index (χ1v) is 10.2. The number of aromatic nitrogens is 2. The fourth-order valence-corrected chi connectivity index (χ4v) is 4.07. The van der Waals surface area contributed by atoms with Crippen LogP contribution in [0.1, 0.15) is 28.8 Å². The first-order chi connectivity index (χ1) is 14.7. The third-order valence-corrected chi connectivity index (χ3v) is 5.56. The molecule has 0 saturated heterocycles. The Morgan fingerprint density at radius 3 is 2.50 bits per heavy atom. The minimum Gasteiger partial charge on any atom is -0.478 e. The van der Waals surface area contributed by atoms with Crippen LogP contribution in [0.5, 0.6) is 0 Å². The number of aryl methyl sites for hydroxylation is 1. The van der Waals surface area contributed by atoms with Crippen LogP contribution in [0, 0.1) is 0 Å². The second kappa shape index (κ2) is 7.59. The van der Waals surface area contributed by atoms with Crippen molar-refractivity contribution in [1.29, 1.82) is 0 Å². The summed E-state index contributed by atoms with van der Waals surface area (Å²) in [6, 6.07) is 23.4. The van der Waals surface area contributed by atoms with Gasteiger partial charge in [-0.15, -0.1) is 0 Å². The number of anilines is 2. The molecule has 1 aliphatic heterocycles. The maximum atomic E-state index is 11.5. The highest BCUT2D eigenvalue weighted by Gasteiger charge is 2.23. The van der Waals surface area contributed by atoms with Crippen molar-refractivity contribution >= 4 is 28.5 Å². The van der Waals surface area contributed by atoms with Crippen LogP contribution in [-0.2, 0) is 6.42 Å². The highest BCUT2D eigenvalue weighted by Crippen LogP contribution is 2.37. The molecule has 0 aliphatic carbocycles. The number of hydrogen-bond donors (Lipinski definition) is 1. The van der Waals surface area contributed by atoms with Gasteiger partial charge in [0, 0.05) is 17.8 Å².